The number of H-pyrrole nitrogens is 1. The lowest BCUT2D eigenvalue weighted by molar-refractivity contribution is -0.132. The number of aromatic nitrogens is 2. The molecule has 0 aliphatic carbocycles. The van der Waals surface area contributed by atoms with Crippen LogP contribution in [-0.4, -0.2) is 27.9 Å². The van der Waals surface area contributed by atoms with Gasteiger partial charge in [-0.1, -0.05) is 42.5 Å². The number of aryl methyl sites for hydroxylation is 1. The lowest BCUT2D eigenvalue weighted by Crippen LogP contribution is -2.47. The molecule has 0 radical (unpaired) electrons. The first kappa shape index (κ1) is 22.0. The van der Waals surface area contributed by atoms with E-state index in [9.17, 15) is 14.4 Å². The topological polar surface area (TPSA) is 113 Å². The second-order valence-electron chi connectivity index (χ2n) is 7.69. The Kier molecular flexibility index (Phi) is 6.64. The zero-order valence-electron chi connectivity index (χ0n) is 18.1. The number of fused-ring (bicyclic) bond motifs is 2. The maximum atomic E-state index is 12.3. The quantitative estimate of drug-likeness (QED) is 0.379. The molecule has 168 valence electrons. The predicted molar refractivity (Wildman–Crippen MR) is 126 cm³/mol. The molecule has 1 heterocycles. The van der Waals surface area contributed by atoms with Crippen LogP contribution in [0.2, 0.25) is 0 Å². The number of hydrogen-bond donors (Lipinski definition) is 3. The summed E-state index contributed by atoms with van der Waals surface area (Å²) < 4.78 is 5.70. The van der Waals surface area contributed by atoms with Crippen molar-refractivity contribution in [3.8, 4) is 5.75 Å². The molecule has 0 spiro atoms. The zero-order valence-corrected chi connectivity index (χ0v) is 18.1. The Bertz CT molecular complexity index is 1370. The van der Waals surface area contributed by atoms with E-state index in [0.717, 1.165) is 10.8 Å². The number of nitrogens with zero attached hydrogens (tertiary/aromatic N) is 1. The maximum absolute atomic E-state index is 12.3. The molecule has 1 atom stereocenters. The molecule has 33 heavy (non-hydrogen) atoms. The van der Waals surface area contributed by atoms with E-state index in [1.54, 1.807) is 31.2 Å². The minimum atomic E-state index is -0.793. The van der Waals surface area contributed by atoms with Crippen LogP contribution in [0.15, 0.2) is 71.5 Å². The summed E-state index contributed by atoms with van der Waals surface area (Å²) in [7, 11) is 0. The minimum absolute atomic E-state index is 0.163. The van der Waals surface area contributed by atoms with Crippen LogP contribution in [0.5, 0.6) is 5.75 Å². The molecule has 1 unspecified atom stereocenters. The van der Waals surface area contributed by atoms with Gasteiger partial charge in [-0.2, -0.15) is 0 Å². The molecule has 4 rings (SSSR count). The minimum Gasteiger partial charge on any atom is -0.481 e. The van der Waals surface area contributed by atoms with Gasteiger partial charge in [0.15, 0.2) is 6.10 Å². The fourth-order valence-electron chi connectivity index (χ4n) is 3.46. The Hall–Kier alpha value is -4.20. The Labute approximate surface area is 190 Å². The largest absolute Gasteiger partial charge is 0.481 e. The van der Waals surface area contributed by atoms with Crippen LogP contribution in [0.4, 0.5) is 0 Å². The Morgan fingerprint density at radius 2 is 1.76 bits per heavy atom. The average Bonchev–Trinajstić information content (AvgIpc) is 2.82. The summed E-state index contributed by atoms with van der Waals surface area (Å²) in [6.45, 7) is 1.61. The summed E-state index contributed by atoms with van der Waals surface area (Å²) in [5, 5.41) is 2.62. The molecule has 2 amide bonds. The van der Waals surface area contributed by atoms with E-state index in [2.05, 4.69) is 20.8 Å². The van der Waals surface area contributed by atoms with Crippen molar-refractivity contribution in [3.05, 3.63) is 82.9 Å². The standard InChI is InChI=1S/C25H24N4O4/c1-16(33-19-14-13-17-7-2-3-8-18(17)15-19)24(31)29-28-23(30)12-6-11-22-26-21-10-5-4-9-20(21)25(32)27-22/h2-5,7-10,13-16H,6,11-12H2,1H3,(H,28,30)(H,29,31)(H,26,27,32). The first-order valence-electron chi connectivity index (χ1n) is 10.7. The third-order valence-corrected chi connectivity index (χ3v) is 5.21. The lowest BCUT2D eigenvalue weighted by atomic mass is 10.1. The molecule has 1 aromatic heterocycles. The predicted octanol–water partition coefficient (Wildman–Crippen LogP) is 3.01. The number of carbonyl (C=O) groups excluding carboxylic acids is 2. The second kappa shape index (κ2) is 9.95. The fraction of sp³-hybridized carbons (Fsp3) is 0.200. The summed E-state index contributed by atoms with van der Waals surface area (Å²) in [5.41, 5.74) is 5.20. The number of para-hydroxylation sites is 1. The molecule has 0 saturated carbocycles. The molecule has 3 N–H and O–H groups in total. The maximum Gasteiger partial charge on any atom is 0.279 e. The smallest absolute Gasteiger partial charge is 0.279 e. The Balaban J connectivity index is 1.22. The van der Waals surface area contributed by atoms with Gasteiger partial charge in [0.25, 0.3) is 11.5 Å². The van der Waals surface area contributed by atoms with Crippen LogP contribution in [0, 0.1) is 0 Å². The van der Waals surface area contributed by atoms with Crippen molar-refractivity contribution in [2.24, 2.45) is 0 Å². The fourth-order valence-corrected chi connectivity index (χ4v) is 3.46. The van der Waals surface area contributed by atoms with Crippen LogP contribution in [0.1, 0.15) is 25.6 Å². The molecule has 0 aliphatic rings. The van der Waals surface area contributed by atoms with Gasteiger partial charge < -0.3 is 9.72 Å². The van der Waals surface area contributed by atoms with Gasteiger partial charge in [-0.3, -0.25) is 25.2 Å². The van der Waals surface area contributed by atoms with E-state index in [-0.39, 0.29) is 17.9 Å². The summed E-state index contributed by atoms with van der Waals surface area (Å²) in [6, 6.07) is 20.5. The van der Waals surface area contributed by atoms with Crippen molar-refractivity contribution in [1.82, 2.24) is 20.8 Å². The molecule has 8 nitrogen and oxygen atoms in total. The van der Waals surface area contributed by atoms with E-state index in [0.29, 0.717) is 35.3 Å². The molecular weight excluding hydrogens is 420 g/mol. The van der Waals surface area contributed by atoms with E-state index in [1.807, 2.05) is 42.5 Å². The van der Waals surface area contributed by atoms with E-state index < -0.39 is 12.0 Å². The highest BCUT2D eigenvalue weighted by Crippen LogP contribution is 2.21. The van der Waals surface area contributed by atoms with Gasteiger partial charge in [-0.15, -0.1) is 0 Å². The average molecular weight is 444 g/mol. The highest BCUT2D eigenvalue weighted by Gasteiger charge is 2.15. The summed E-state index contributed by atoms with van der Waals surface area (Å²) >= 11 is 0. The van der Waals surface area contributed by atoms with Crippen molar-refractivity contribution < 1.29 is 14.3 Å². The molecule has 4 aromatic rings. The third kappa shape index (κ3) is 5.54. The van der Waals surface area contributed by atoms with Gasteiger partial charge in [0.2, 0.25) is 5.91 Å². The van der Waals surface area contributed by atoms with Crippen LogP contribution in [0.3, 0.4) is 0 Å². The SMILES string of the molecule is CC(Oc1ccc2ccccc2c1)C(=O)NNC(=O)CCCc1nc2ccccc2c(=O)[nH]1. The van der Waals surface area contributed by atoms with Crippen molar-refractivity contribution >= 4 is 33.5 Å². The van der Waals surface area contributed by atoms with Gasteiger partial charge in [0.05, 0.1) is 10.9 Å². The molecular formula is C25H24N4O4. The number of benzene rings is 3. The van der Waals surface area contributed by atoms with Gasteiger partial charge in [0.1, 0.15) is 11.6 Å². The highest BCUT2D eigenvalue weighted by atomic mass is 16.5. The number of hydrazine groups is 1. The van der Waals surface area contributed by atoms with Crippen LogP contribution < -0.4 is 21.1 Å². The third-order valence-electron chi connectivity index (χ3n) is 5.21. The number of hydrogen-bond acceptors (Lipinski definition) is 5. The van der Waals surface area contributed by atoms with Crippen LogP contribution >= 0.6 is 0 Å². The molecule has 0 bridgehead atoms. The highest BCUT2D eigenvalue weighted by molar-refractivity contribution is 5.86. The van der Waals surface area contributed by atoms with Crippen molar-refractivity contribution in [1.29, 1.82) is 0 Å². The van der Waals surface area contributed by atoms with Gasteiger partial charge >= 0.3 is 0 Å². The number of carbonyl (C=O) groups is 2. The normalized spacial score (nSPS) is 11.8. The Morgan fingerprint density at radius 3 is 2.61 bits per heavy atom. The number of rotatable bonds is 7. The van der Waals surface area contributed by atoms with Crippen molar-refractivity contribution in [2.75, 3.05) is 0 Å². The molecule has 0 fully saturated rings. The monoisotopic (exact) mass is 444 g/mol. The van der Waals surface area contributed by atoms with Gasteiger partial charge in [0, 0.05) is 12.8 Å². The number of ether oxygens (including phenoxy) is 1. The van der Waals surface area contributed by atoms with Gasteiger partial charge in [-0.25, -0.2) is 4.98 Å². The molecule has 8 heteroatoms. The zero-order chi connectivity index (χ0) is 23.2. The number of aromatic amines is 1. The van der Waals surface area contributed by atoms with E-state index >= 15 is 0 Å². The first-order chi connectivity index (χ1) is 16.0. The van der Waals surface area contributed by atoms with Crippen LogP contribution in [-0.2, 0) is 16.0 Å². The molecule has 0 saturated heterocycles. The van der Waals surface area contributed by atoms with Crippen molar-refractivity contribution in [2.45, 2.75) is 32.3 Å². The van der Waals surface area contributed by atoms with Gasteiger partial charge in [-0.05, 0) is 48.4 Å². The summed E-state index contributed by atoms with van der Waals surface area (Å²) in [4.78, 5) is 43.6. The van der Waals surface area contributed by atoms with Crippen LogP contribution in [0.25, 0.3) is 21.7 Å². The first-order valence-corrected chi connectivity index (χ1v) is 10.7. The lowest BCUT2D eigenvalue weighted by Gasteiger charge is -2.15. The molecule has 3 aromatic carbocycles. The number of nitrogens with one attached hydrogen (secondary N) is 3. The summed E-state index contributed by atoms with van der Waals surface area (Å²) in [6.07, 6.45) is 0.268. The number of amides is 2. The second-order valence-corrected chi connectivity index (χ2v) is 7.69. The van der Waals surface area contributed by atoms with E-state index in [1.165, 1.54) is 0 Å². The summed E-state index contributed by atoms with van der Waals surface area (Å²) in [5.74, 6) is 0.286. The van der Waals surface area contributed by atoms with E-state index in [4.69, 9.17) is 4.74 Å². The Morgan fingerprint density at radius 1 is 1.00 bits per heavy atom. The molecule has 0 aliphatic heterocycles. The van der Waals surface area contributed by atoms with Crippen molar-refractivity contribution in [3.63, 3.8) is 0 Å².